The number of rotatable bonds is 8. The van der Waals surface area contributed by atoms with Gasteiger partial charge in [-0.2, -0.15) is 0 Å². The van der Waals surface area contributed by atoms with Gasteiger partial charge >= 0.3 is 0 Å². The minimum atomic E-state index is 0.295. The first-order valence-electron chi connectivity index (χ1n) is 7.28. The number of aryl methyl sites for hydroxylation is 3. The van der Waals surface area contributed by atoms with Crippen molar-refractivity contribution in [2.24, 2.45) is 12.9 Å². The van der Waals surface area contributed by atoms with Gasteiger partial charge in [0.2, 0.25) is 0 Å². The van der Waals surface area contributed by atoms with E-state index in [0.717, 1.165) is 37.3 Å². The Kier molecular flexibility index (Phi) is 5.78. The highest BCUT2D eigenvalue weighted by atomic mass is 16.5. The molecular formula is C16H24N4O. The fraction of sp³-hybridized carbons (Fsp3) is 0.438. The molecule has 0 bridgehead atoms. The minimum Gasteiger partial charge on any atom is -0.497 e. The molecule has 0 saturated carbocycles. The molecule has 21 heavy (non-hydrogen) atoms. The molecule has 0 fully saturated rings. The molecule has 0 aliphatic heterocycles. The van der Waals surface area contributed by atoms with E-state index < -0.39 is 0 Å². The fourth-order valence-electron chi connectivity index (χ4n) is 2.38. The van der Waals surface area contributed by atoms with Crippen LogP contribution in [0.25, 0.3) is 0 Å². The first-order valence-corrected chi connectivity index (χ1v) is 7.28. The maximum Gasteiger partial charge on any atom is 0.118 e. The number of nitrogens with zero attached hydrogens (tertiary/aromatic N) is 2. The molecule has 1 heterocycles. The van der Waals surface area contributed by atoms with Crippen molar-refractivity contribution in [1.82, 2.24) is 15.0 Å². The highest BCUT2D eigenvalue weighted by Gasteiger charge is 2.09. The van der Waals surface area contributed by atoms with Crippen LogP contribution in [-0.4, -0.2) is 22.7 Å². The molecule has 1 aromatic heterocycles. The normalized spacial score (nSPS) is 12.3. The Labute approximate surface area is 126 Å². The molecule has 114 valence electrons. The number of benzene rings is 1. The van der Waals surface area contributed by atoms with Crippen LogP contribution in [0, 0.1) is 0 Å². The van der Waals surface area contributed by atoms with E-state index in [2.05, 4.69) is 27.1 Å². The van der Waals surface area contributed by atoms with Gasteiger partial charge < -0.3 is 9.30 Å². The SMILES string of the molecule is COc1ccc(CCC(CCc2nccn2C)NN)cc1. The Bertz CT molecular complexity index is 535. The van der Waals surface area contributed by atoms with E-state index >= 15 is 0 Å². The second-order valence-corrected chi connectivity index (χ2v) is 5.24. The Hall–Kier alpha value is -1.85. The Morgan fingerprint density at radius 2 is 1.95 bits per heavy atom. The van der Waals surface area contributed by atoms with Gasteiger partial charge in [-0.3, -0.25) is 11.3 Å². The molecular weight excluding hydrogens is 264 g/mol. The van der Waals surface area contributed by atoms with Gasteiger partial charge in [0.1, 0.15) is 11.6 Å². The number of hydrogen-bond donors (Lipinski definition) is 2. The molecule has 0 radical (unpaired) electrons. The van der Waals surface area contributed by atoms with E-state index in [1.54, 1.807) is 7.11 Å². The summed E-state index contributed by atoms with van der Waals surface area (Å²) >= 11 is 0. The molecule has 1 aromatic carbocycles. The lowest BCUT2D eigenvalue weighted by atomic mass is 10.0. The van der Waals surface area contributed by atoms with Gasteiger partial charge in [-0.1, -0.05) is 12.1 Å². The third-order valence-electron chi connectivity index (χ3n) is 3.81. The highest BCUT2D eigenvalue weighted by Crippen LogP contribution is 2.14. The Morgan fingerprint density at radius 3 is 2.52 bits per heavy atom. The highest BCUT2D eigenvalue weighted by molar-refractivity contribution is 5.27. The van der Waals surface area contributed by atoms with Gasteiger partial charge in [0.25, 0.3) is 0 Å². The van der Waals surface area contributed by atoms with Crippen molar-refractivity contribution in [2.75, 3.05) is 7.11 Å². The van der Waals surface area contributed by atoms with Crippen molar-refractivity contribution < 1.29 is 4.74 Å². The van der Waals surface area contributed by atoms with E-state index in [4.69, 9.17) is 10.6 Å². The lowest BCUT2D eigenvalue weighted by molar-refractivity contribution is 0.414. The standard InChI is InChI=1S/C16H24N4O/c1-20-12-11-18-16(20)10-7-14(19-17)6-3-13-4-8-15(21-2)9-5-13/h4-5,8-9,11-12,14,19H,3,6-7,10,17H2,1-2H3. The van der Waals surface area contributed by atoms with Crippen LogP contribution in [-0.2, 0) is 19.9 Å². The number of hydrogen-bond acceptors (Lipinski definition) is 4. The summed E-state index contributed by atoms with van der Waals surface area (Å²) in [6.07, 6.45) is 7.72. The summed E-state index contributed by atoms with van der Waals surface area (Å²) in [5.41, 5.74) is 4.21. The summed E-state index contributed by atoms with van der Waals surface area (Å²) in [5.74, 6) is 7.65. The zero-order valence-corrected chi connectivity index (χ0v) is 12.7. The predicted molar refractivity (Wildman–Crippen MR) is 84.0 cm³/mol. The predicted octanol–water partition coefficient (Wildman–Crippen LogP) is 1.83. The van der Waals surface area contributed by atoms with Crippen LogP contribution in [0.3, 0.4) is 0 Å². The second-order valence-electron chi connectivity index (χ2n) is 5.24. The number of imidazole rings is 1. The summed E-state index contributed by atoms with van der Waals surface area (Å²) < 4.78 is 7.22. The first kappa shape index (κ1) is 15.5. The number of nitrogens with one attached hydrogen (secondary N) is 1. The van der Waals surface area contributed by atoms with Gasteiger partial charge in [0, 0.05) is 31.9 Å². The first-order chi connectivity index (χ1) is 10.2. The zero-order chi connectivity index (χ0) is 15.1. The number of aromatic nitrogens is 2. The van der Waals surface area contributed by atoms with E-state index in [-0.39, 0.29) is 0 Å². The minimum absolute atomic E-state index is 0.295. The third kappa shape index (κ3) is 4.58. The van der Waals surface area contributed by atoms with Crippen LogP contribution in [0.15, 0.2) is 36.7 Å². The summed E-state index contributed by atoms with van der Waals surface area (Å²) in [6, 6.07) is 8.49. The van der Waals surface area contributed by atoms with E-state index in [0.29, 0.717) is 6.04 Å². The number of nitrogens with two attached hydrogens (primary N) is 1. The molecule has 2 aromatic rings. The van der Waals surface area contributed by atoms with Gasteiger partial charge in [-0.15, -0.1) is 0 Å². The van der Waals surface area contributed by atoms with Crippen molar-refractivity contribution in [3.8, 4) is 5.75 Å². The largest absolute Gasteiger partial charge is 0.497 e. The van der Waals surface area contributed by atoms with Crippen LogP contribution in [0.2, 0.25) is 0 Å². The molecule has 1 atom stereocenters. The Morgan fingerprint density at radius 1 is 1.24 bits per heavy atom. The van der Waals surface area contributed by atoms with Crippen LogP contribution >= 0.6 is 0 Å². The molecule has 0 spiro atoms. The molecule has 0 aliphatic carbocycles. The zero-order valence-electron chi connectivity index (χ0n) is 12.7. The average molecular weight is 288 g/mol. The van der Waals surface area contributed by atoms with E-state index in [9.17, 15) is 0 Å². The summed E-state index contributed by atoms with van der Waals surface area (Å²) in [6.45, 7) is 0. The summed E-state index contributed by atoms with van der Waals surface area (Å²) in [5, 5.41) is 0. The number of hydrazine groups is 1. The molecule has 2 rings (SSSR count). The summed E-state index contributed by atoms with van der Waals surface area (Å²) in [4.78, 5) is 4.34. The van der Waals surface area contributed by atoms with Crippen LogP contribution in [0.5, 0.6) is 5.75 Å². The maximum absolute atomic E-state index is 5.66. The lowest BCUT2D eigenvalue weighted by Gasteiger charge is -2.15. The van der Waals surface area contributed by atoms with Crippen LogP contribution in [0.4, 0.5) is 0 Å². The number of ether oxygens (including phenoxy) is 1. The monoisotopic (exact) mass is 288 g/mol. The third-order valence-corrected chi connectivity index (χ3v) is 3.81. The van der Waals surface area contributed by atoms with Crippen molar-refractivity contribution in [2.45, 2.75) is 31.7 Å². The Balaban J connectivity index is 1.80. The van der Waals surface area contributed by atoms with Crippen LogP contribution < -0.4 is 16.0 Å². The van der Waals surface area contributed by atoms with Crippen molar-refractivity contribution in [3.05, 3.63) is 48.0 Å². The van der Waals surface area contributed by atoms with Crippen LogP contribution in [0.1, 0.15) is 24.2 Å². The molecule has 0 amide bonds. The quantitative estimate of drug-likeness (QED) is 0.574. The molecule has 1 unspecified atom stereocenters. The molecule has 0 aliphatic rings. The van der Waals surface area contributed by atoms with Gasteiger partial charge in [0.05, 0.1) is 7.11 Å². The summed E-state index contributed by atoms with van der Waals surface area (Å²) in [7, 11) is 3.70. The number of methoxy groups -OCH3 is 1. The van der Waals surface area contributed by atoms with Crippen molar-refractivity contribution >= 4 is 0 Å². The lowest BCUT2D eigenvalue weighted by Crippen LogP contribution is -2.36. The van der Waals surface area contributed by atoms with E-state index in [1.165, 1.54) is 5.56 Å². The molecule has 5 nitrogen and oxygen atoms in total. The smallest absolute Gasteiger partial charge is 0.118 e. The van der Waals surface area contributed by atoms with Crippen molar-refractivity contribution in [3.63, 3.8) is 0 Å². The van der Waals surface area contributed by atoms with Gasteiger partial charge in [-0.25, -0.2) is 4.98 Å². The van der Waals surface area contributed by atoms with Crippen molar-refractivity contribution in [1.29, 1.82) is 0 Å². The van der Waals surface area contributed by atoms with Gasteiger partial charge in [0.15, 0.2) is 0 Å². The van der Waals surface area contributed by atoms with Gasteiger partial charge in [-0.05, 0) is 37.0 Å². The fourth-order valence-corrected chi connectivity index (χ4v) is 2.38. The molecule has 5 heteroatoms. The topological polar surface area (TPSA) is 65.1 Å². The van der Waals surface area contributed by atoms with E-state index in [1.807, 2.05) is 31.6 Å². The maximum atomic E-state index is 5.66. The average Bonchev–Trinajstić information content (AvgIpc) is 2.93. The molecule has 3 N–H and O–H groups in total. The molecule has 0 saturated heterocycles. The second kappa shape index (κ2) is 7.81.